The van der Waals surface area contributed by atoms with Gasteiger partial charge in [0.05, 0.1) is 0 Å². The van der Waals surface area contributed by atoms with E-state index in [-0.39, 0.29) is 0 Å². The zero-order valence-corrected chi connectivity index (χ0v) is 13.3. The Labute approximate surface area is 128 Å². The summed E-state index contributed by atoms with van der Waals surface area (Å²) in [7, 11) is 1.80. The molecule has 0 bridgehead atoms. The predicted molar refractivity (Wildman–Crippen MR) is 86.4 cm³/mol. The van der Waals surface area contributed by atoms with Crippen LogP contribution in [0.25, 0.3) is 0 Å². The van der Waals surface area contributed by atoms with Crippen molar-refractivity contribution in [2.45, 2.75) is 44.3 Å². The Bertz CT molecular complexity index is 432. The first-order chi connectivity index (χ1) is 10.3. The first-order valence-corrected chi connectivity index (χ1v) is 8.32. The molecule has 1 aromatic rings. The first kappa shape index (κ1) is 15.0. The van der Waals surface area contributed by atoms with E-state index < -0.39 is 0 Å². The highest BCUT2D eigenvalue weighted by molar-refractivity contribution is 5.21. The van der Waals surface area contributed by atoms with Crippen LogP contribution in [0.5, 0.6) is 0 Å². The summed E-state index contributed by atoms with van der Waals surface area (Å²) in [5.74, 6) is 0.916. The second-order valence-corrected chi connectivity index (χ2v) is 6.61. The number of nitrogens with one attached hydrogen (secondary N) is 1. The Morgan fingerprint density at radius 2 is 2.05 bits per heavy atom. The van der Waals surface area contributed by atoms with Gasteiger partial charge in [0.15, 0.2) is 0 Å². The van der Waals surface area contributed by atoms with Crippen molar-refractivity contribution >= 4 is 0 Å². The molecule has 1 aliphatic carbocycles. The quantitative estimate of drug-likeness (QED) is 0.871. The smallest absolute Gasteiger partial charge is 0.0477 e. The standard InChI is InChI=1S/C18H28N2O/c1-14(10-11-21-2)20-13-17(15-8-9-15)19-12-18(20)16-6-4-3-5-7-16/h3-7,14-15,17-19H,8-13H2,1-2H3. The van der Waals surface area contributed by atoms with Crippen molar-refractivity contribution in [1.29, 1.82) is 0 Å². The van der Waals surface area contributed by atoms with Gasteiger partial charge in [-0.05, 0) is 37.7 Å². The normalized spacial score (nSPS) is 28.5. The van der Waals surface area contributed by atoms with Crippen LogP contribution in [0.2, 0.25) is 0 Å². The van der Waals surface area contributed by atoms with E-state index in [1.807, 2.05) is 0 Å². The number of hydrogen-bond donors (Lipinski definition) is 1. The van der Waals surface area contributed by atoms with E-state index in [1.165, 1.54) is 24.9 Å². The fourth-order valence-corrected chi connectivity index (χ4v) is 3.54. The number of nitrogens with zero attached hydrogens (tertiary/aromatic N) is 1. The average Bonchev–Trinajstić information content (AvgIpc) is 3.38. The molecule has 0 radical (unpaired) electrons. The molecule has 3 nitrogen and oxygen atoms in total. The van der Waals surface area contributed by atoms with E-state index in [4.69, 9.17) is 4.74 Å². The summed E-state index contributed by atoms with van der Waals surface area (Å²) in [5, 5.41) is 3.80. The fraction of sp³-hybridized carbons (Fsp3) is 0.667. The van der Waals surface area contributed by atoms with Gasteiger partial charge in [0.25, 0.3) is 0 Å². The number of benzene rings is 1. The van der Waals surface area contributed by atoms with Crippen LogP contribution in [0.3, 0.4) is 0 Å². The van der Waals surface area contributed by atoms with Gasteiger partial charge in [-0.3, -0.25) is 4.90 Å². The molecular weight excluding hydrogens is 260 g/mol. The lowest BCUT2D eigenvalue weighted by molar-refractivity contribution is 0.0630. The molecule has 2 fully saturated rings. The lowest BCUT2D eigenvalue weighted by Gasteiger charge is -2.44. The second-order valence-electron chi connectivity index (χ2n) is 6.61. The zero-order chi connectivity index (χ0) is 14.7. The molecule has 3 rings (SSSR count). The average molecular weight is 288 g/mol. The molecule has 3 unspecified atom stereocenters. The van der Waals surface area contributed by atoms with Gasteiger partial charge in [-0.2, -0.15) is 0 Å². The summed E-state index contributed by atoms with van der Waals surface area (Å²) >= 11 is 0. The first-order valence-electron chi connectivity index (χ1n) is 8.32. The molecule has 2 aliphatic rings. The van der Waals surface area contributed by atoms with Gasteiger partial charge in [0, 0.05) is 44.9 Å². The molecular formula is C18H28N2O. The second kappa shape index (κ2) is 6.91. The number of piperazine rings is 1. The molecule has 116 valence electrons. The van der Waals surface area contributed by atoms with E-state index in [1.54, 1.807) is 7.11 Å². The van der Waals surface area contributed by atoms with Gasteiger partial charge in [-0.15, -0.1) is 0 Å². The van der Waals surface area contributed by atoms with Gasteiger partial charge in [0.2, 0.25) is 0 Å². The minimum atomic E-state index is 0.494. The van der Waals surface area contributed by atoms with Gasteiger partial charge in [-0.25, -0.2) is 0 Å². The molecule has 1 heterocycles. The minimum absolute atomic E-state index is 0.494. The van der Waals surface area contributed by atoms with E-state index in [0.29, 0.717) is 18.1 Å². The Kier molecular flexibility index (Phi) is 4.94. The molecule has 0 amide bonds. The minimum Gasteiger partial charge on any atom is -0.385 e. The number of methoxy groups -OCH3 is 1. The Hall–Kier alpha value is -0.900. The third-order valence-electron chi connectivity index (χ3n) is 5.06. The maximum absolute atomic E-state index is 5.29. The molecule has 0 aromatic heterocycles. The maximum atomic E-state index is 5.29. The summed E-state index contributed by atoms with van der Waals surface area (Å²) in [6, 6.07) is 12.7. The van der Waals surface area contributed by atoms with Crippen LogP contribution >= 0.6 is 0 Å². The summed E-state index contributed by atoms with van der Waals surface area (Å²) in [6.07, 6.45) is 3.93. The summed E-state index contributed by atoms with van der Waals surface area (Å²) in [6.45, 7) is 5.45. The lowest BCUT2D eigenvalue weighted by atomic mass is 9.96. The molecule has 1 N–H and O–H groups in total. The number of ether oxygens (including phenoxy) is 1. The molecule has 3 heteroatoms. The third-order valence-corrected chi connectivity index (χ3v) is 5.06. The molecule has 1 saturated heterocycles. The van der Waals surface area contributed by atoms with Crippen molar-refractivity contribution < 1.29 is 4.74 Å². The summed E-state index contributed by atoms with van der Waals surface area (Å²) in [5.41, 5.74) is 1.43. The van der Waals surface area contributed by atoms with Crippen molar-refractivity contribution in [3.63, 3.8) is 0 Å². The predicted octanol–water partition coefficient (Wildman–Crippen LogP) is 2.84. The largest absolute Gasteiger partial charge is 0.385 e. The van der Waals surface area contributed by atoms with Crippen LogP contribution in [-0.2, 0) is 4.74 Å². The van der Waals surface area contributed by atoms with Gasteiger partial charge >= 0.3 is 0 Å². The van der Waals surface area contributed by atoms with Crippen LogP contribution in [0, 0.1) is 5.92 Å². The summed E-state index contributed by atoms with van der Waals surface area (Å²) < 4.78 is 5.29. The van der Waals surface area contributed by atoms with Crippen molar-refractivity contribution in [1.82, 2.24) is 10.2 Å². The monoisotopic (exact) mass is 288 g/mol. The highest BCUT2D eigenvalue weighted by atomic mass is 16.5. The molecule has 3 atom stereocenters. The van der Waals surface area contributed by atoms with Crippen molar-refractivity contribution in [2.75, 3.05) is 26.8 Å². The SMILES string of the molecule is COCCC(C)N1CC(C2CC2)NCC1c1ccccc1. The van der Waals surface area contributed by atoms with E-state index in [9.17, 15) is 0 Å². The Balaban J connectivity index is 1.73. The molecule has 0 spiro atoms. The van der Waals surface area contributed by atoms with Gasteiger partial charge in [-0.1, -0.05) is 30.3 Å². The van der Waals surface area contributed by atoms with E-state index >= 15 is 0 Å². The lowest BCUT2D eigenvalue weighted by Crippen LogP contribution is -2.55. The van der Waals surface area contributed by atoms with Crippen LogP contribution in [0.4, 0.5) is 0 Å². The van der Waals surface area contributed by atoms with E-state index in [0.717, 1.165) is 25.5 Å². The molecule has 1 aromatic carbocycles. The van der Waals surface area contributed by atoms with Crippen molar-refractivity contribution in [2.24, 2.45) is 5.92 Å². The molecule has 1 aliphatic heterocycles. The van der Waals surface area contributed by atoms with Crippen molar-refractivity contribution in [3.8, 4) is 0 Å². The van der Waals surface area contributed by atoms with Gasteiger partial charge in [0.1, 0.15) is 0 Å². The highest BCUT2D eigenvalue weighted by Gasteiger charge is 2.38. The summed E-state index contributed by atoms with van der Waals surface area (Å²) in [4.78, 5) is 2.70. The van der Waals surface area contributed by atoms with Crippen LogP contribution in [0.15, 0.2) is 30.3 Å². The molecule has 21 heavy (non-hydrogen) atoms. The number of rotatable bonds is 6. The number of hydrogen-bond acceptors (Lipinski definition) is 3. The third kappa shape index (κ3) is 3.65. The van der Waals surface area contributed by atoms with Gasteiger partial charge < -0.3 is 10.1 Å². The maximum Gasteiger partial charge on any atom is 0.0477 e. The van der Waals surface area contributed by atoms with Crippen molar-refractivity contribution in [3.05, 3.63) is 35.9 Å². The topological polar surface area (TPSA) is 24.5 Å². The van der Waals surface area contributed by atoms with Crippen LogP contribution in [-0.4, -0.2) is 43.8 Å². The zero-order valence-electron chi connectivity index (χ0n) is 13.3. The molecule has 1 saturated carbocycles. The van der Waals surface area contributed by atoms with Crippen LogP contribution in [0.1, 0.15) is 37.8 Å². The van der Waals surface area contributed by atoms with E-state index in [2.05, 4.69) is 47.5 Å². The Morgan fingerprint density at radius 3 is 2.71 bits per heavy atom. The highest BCUT2D eigenvalue weighted by Crippen LogP contribution is 2.37. The van der Waals surface area contributed by atoms with Crippen LogP contribution < -0.4 is 5.32 Å². The Morgan fingerprint density at radius 1 is 1.29 bits per heavy atom. The fourth-order valence-electron chi connectivity index (χ4n) is 3.54.